The number of hydrogen-bond donors (Lipinski definition) is 1. The van der Waals surface area contributed by atoms with Crippen LogP contribution in [0.15, 0.2) is 54.1 Å². The predicted molar refractivity (Wildman–Crippen MR) is 130 cm³/mol. The fourth-order valence-corrected chi connectivity index (χ4v) is 4.37. The van der Waals surface area contributed by atoms with Gasteiger partial charge in [0.05, 0.1) is 18.2 Å². The van der Waals surface area contributed by atoms with Crippen molar-refractivity contribution in [2.24, 2.45) is 0 Å². The van der Waals surface area contributed by atoms with Gasteiger partial charge in [-0.3, -0.25) is 9.59 Å². The molecule has 0 radical (unpaired) electrons. The lowest BCUT2D eigenvalue weighted by Crippen LogP contribution is -2.33. The second-order valence-electron chi connectivity index (χ2n) is 7.89. The summed E-state index contributed by atoms with van der Waals surface area (Å²) in [5, 5.41) is 11.6. The number of hydrogen-bond acceptors (Lipinski definition) is 5. The summed E-state index contributed by atoms with van der Waals surface area (Å²) in [6.45, 7) is 9.67. The molecule has 1 saturated heterocycles. The van der Waals surface area contributed by atoms with Gasteiger partial charge in [0.15, 0.2) is 0 Å². The van der Waals surface area contributed by atoms with Gasteiger partial charge in [-0.2, -0.15) is 0 Å². The number of likely N-dealkylation sites (tertiary alicyclic amines) is 1. The Balaban J connectivity index is 2.00. The fraction of sp³-hybridized carbons (Fsp3) is 0.385. The van der Waals surface area contributed by atoms with Gasteiger partial charge in [0.2, 0.25) is 0 Å². The summed E-state index contributed by atoms with van der Waals surface area (Å²) in [5.74, 6) is -0.828. The lowest BCUT2D eigenvalue weighted by molar-refractivity contribution is -0.140. The Morgan fingerprint density at radius 2 is 1.79 bits per heavy atom. The maximum atomic E-state index is 13.1. The highest BCUT2D eigenvalue weighted by molar-refractivity contribution is 6.46. The third-order valence-electron chi connectivity index (χ3n) is 5.91. The van der Waals surface area contributed by atoms with Gasteiger partial charge in [-0.25, -0.2) is 0 Å². The largest absolute Gasteiger partial charge is 0.507 e. The van der Waals surface area contributed by atoms with Gasteiger partial charge in [0, 0.05) is 17.1 Å². The van der Waals surface area contributed by atoms with E-state index in [1.54, 1.807) is 47.4 Å². The van der Waals surface area contributed by atoms with Crippen molar-refractivity contribution >= 4 is 29.1 Å². The molecule has 1 unspecified atom stereocenters. The van der Waals surface area contributed by atoms with Crippen molar-refractivity contribution in [3.63, 3.8) is 0 Å². The van der Waals surface area contributed by atoms with Gasteiger partial charge in [0.25, 0.3) is 11.7 Å². The molecule has 1 atom stereocenters. The van der Waals surface area contributed by atoms with Crippen LogP contribution in [0.1, 0.15) is 44.4 Å². The number of nitrogens with zero attached hydrogens (tertiary/aromatic N) is 2. The van der Waals surface area contributed by atoms with Gasteiger partial charge in [-0.05, 0) is 74.9 Å². The molecule has 1 aliphatic heterocycles. The summed E-state index contributed by atoms with van der Waals surface area (Å²) in [6.07, 6.45) is 0.717. The maximum absolute atomic E-state index is 13.1. The zero-order valence-corrected chi connectivity index (χ0v) is 20.1. The second-order valence-corrected chi connectivity index (χ2v) is 8.32. The third-order valence-corrected chi connectivity index (χ3v) is 6.15. The molecule has 1 fully saturated rings. The summed E-state index contributed by atoms with van der Waals surface area (Å²) in [4.78, 5) is 30.0. The zero-order chi connectivity index (χ0) is 24.0. The number of carbonyl (C=O) groups excluding carboxylic acids is 2. The molecule has 0 bridgehead atoms. The summed E-state index contributed by atoms with van der Waals surface area (Å²) in [6, 6.07) is 13.2. The second kappa shape index (κ2) is 11.3. The van der Waals surface area contributed by atoms with Crippen LogP contribution in [0, 0.1) is 0 Å². The zero-order valence-electron chi connectivity index (χ0n) is 19.4. The van der Waals surface area contributed by atoms with Crippen molar-refractivity contribution < 1.29 is 19.4 Å². The molecule has 1 N–H and O–H groups in total. The smallest absolute Gasteiger partial charge is 0.295 e. The molecule has 1 aliphatic rings. The average molecular weight is 471 g/mol. The van der Waals surface area contributed by atoms with E-state index in [9.17, 15) is 14.7 Å². The van der Waals surface area contributed by atoms with E-state index in [0.29, 0.717) is 35.1 Å². The van der Waals surface area contributed by atoms with Crippen LogP contribution in [0.2, 0.25) is 5.02 Å². The lowest BCUT2D eigenvalue weighted by Gasteiger charge is -2.27. The molecular weight excluding hydrogens is 440 g/mol. The number of Topliss-reactive ketones (excluding diaryl/α,β-unsaturated/α-hetero) is 1. The van der Waals surface area contributed by atoms with Crippen LogP contribution in [-0.4, -0.2) is 59.4 Å². The van der Waals surface area contributed by atoms with Crippen LogP contribution in [0.4, 0.5) is 0 Å². The number of amides is 1. The first-order valence-electron chi connectivity index (χ1n) is 11.4. The number of aliphatic hydroxyl groups is 1. The molecule has 1 amide bonds. The molecule has 0 spiro atoms. The summed E-state index contributed by atoms with van der Waals surface area (Å²) in [7, 11) is 0. The Morgan fingerprint density at radius 3 is 2.39 bits per heavy atom. The van der Waals surface area contributed by atoms with Gasteiger partial charge in [-0.15, -0.1) is 0 Å². The van der Waals surface area contributed by atoms with Crippen molar-refractivity contribution in [2.45, 2.75) is 33.2 Å². The Hall–Kier alpha value is -2.83. The maximum Gasteiger partial charge on any atom is 0.295 e. The Labute approximate surface area is 200 Å². The monoisotopic (exact) mass is 470 g/mol. The van der Waals surface area contributed by atoms with E-state index in [-0.39, 0.29) is 11.3 Å². The van der Waals surface area contributed by atoms with Crippen LogP contribution in [0.5, 0.6) is 5.75 Å². The van der Waals surface area contributed by atoms with E-state index in [1.807, 2.05) is 13.0 Å². The fourth-order valence-electron chi connectivity index (χ4n) is 4.17. The van der Waals surface area contributed by atoms with E-state index in [4.69, 9.17) is 16.3 Å². The first-order valence-corrected chi connectivity index (χ1v) is 11.8. The molecule has 1 heterocycles. The van der Waals surface area contributed by atoms with Crippen LogP contribution in [-0.2, 0) is 9.59 Å². The highest BCUT2D eigenvalue weighted by Gasteiger charge is 2.45. The number of benzene rings is 2. The number of carbonyl (C=O) groups is 2. The van der Waals surface area contributed by atoms with Gasteiger partial charge in [-0.1, -0.05) is 37.6 Å². The first-order chi connectivity index (χ1) is 15.9. The number of aliphatic hydroxyl groups excluding tert-OH is 1. The minimum Gasteiger partial charge on any atom is -0.507 e. The van der Waals surface area contributed by atoms with Crippen LogP contribution < -0.4 is 4.74 Å². The molecule has 176 valence electrons. The van der Waals surface area contributed by atoms with Crippen LogP contribution in [0.25, 0.3) is 5.76 Å². The van der Waals surface area contributed by atoms with Crippen LogP contribution in [0.3, 0.4) is 0 Å². The summed E-state index contributed by atoms with van der Waals surface area (Å²) in [5.41, 5.74) is 1.22. The molecule has 0 saturated carbocycles. The van der Waals surface area contributed by atoms with Crippen LogP contribution >= 0.6 is 11.6 Å². The standard InChI is InChI=1S/C26H31ClN2O4/c1-4-28(5-2)15-8-16-29-23(19-9-7-10-20(27)17-19)22(25(31)26(29)32)24(30)18-11-13-21(14-12-18)33-6-3/h7,9-14,17,23,30H,4-6,8,15-16H2,1-3H3. The number of ketones is 1. The van der Waals surface area contributed by atoms with Gasteiger partial charge < -0.3 is 19.6 Å². The predicted octanol–water partition coefficient (Wildman–Crippen LogP) is 4.89. The summed E-state index contributed by atoms with van der Waals surface area (Å²) < 4.78 is 5.46. The minimum absolute atomic E-state index is 0.0780. The number of ether oxygens (including phenoxy) is 1. The molecular formula is C26H31ClN2O4. The summed E-state index contributed by atoms with van der Waals surface area (Å²) >= 11 is 6.23. The molecule has 0 aliphatic carbocycles. The quantitative estimate of drug-likeness (QED) is 0.304. The first kappa shape index (κ1) is 24.8. The Bertz CT molecular complexity index is 1020. The topological polar surface area (TPSA) is 70.1 Å². The molecule has 7 heteroatoms. The number of halogens is 1. The molecule has 6 nitrogen and oxygen atoms in total. The molecule has 3 rings (SSSR count). The average Bonchev–Trinajstić information content (AvgIpc) is 3.07. The minimum atomic E-state index is -0.702. The Kier molecular flexibility index (Phi) is 8.53. The van der Waals surface area contributed by atoms with E-state index in [2.05, 4.69) is 18.7 Å². The highest BCUT2D eigenvalue weighted by atomic mass is 35.5. The van der Waals surface area contributed by atoms with Crippen molar-refractivity contribution in [3.8, 4) is 5.75 Å². The molecule has 2 aromatic carbocycles. The third kappa shape index (κ3) is 5.57. The van der Waals surface area contributed by atoms with Gasteiger partial charge >= 0.3 is 0 Å². The molecule has 2 aromatic rings. The lowest BCUT2D eigenvalue weighted by atomic mass is 9.95. The van der Waals surface area contributed by atoms with Gasteiger partial charge in [0.1, 0.15) is 11.5 Å². The normalized spacial score (nSPS) is 17.7. The molecule has 33 heavy (non-hydrogen) atoms. The van der Waals surface area contributed by atoms with E-state index in [0.717, 1.165) is 26.1 Å². The molecule has 0 aromatic heterocycles. The van der Waals surface area contributed by atoms with E-state index < -0.39 is 17.7 Å². The van der Waals surface area contributed by atoms with E-state index >= 15 is 0 Å². The van der Waals surface area contributed by atoms with Crippen molar-refractivity contribution in [3.05, 3.63) is 70.3 Å². The SMILES string of the molecule is CCOc1ccc(C(O)=C2C(=O)C(=O)N(CCCN(CC)CC)C2c2cccc(Cl)c2)cc1. The number of rotatable bonds is 10. The van der Waals surface area contributed by atoms with Crippen molar-refractivity contribution in [1.29, 1.82) is 0 Å². The van der Waals surface area contributed by atoms with Crippen molar-refractivity contribution in [1.82, 2.24) is 9.80 Å². The highest BCUT2D eigenvalue weighted by Crippen LogP contribution is 2.40. The Morgan fingerprint density at radius 1 is 1.09 bits per heavy atom. The van der Waals surface area contributed by atoms with E-state index in [1.165, 1.54) is 0 Å². The van der Waals surface area contributed by atoms with Crippen molar-refractivity contribution in [2.75, 3.05) is 32.8 Å².